The summed E-state index contributed by atoms with van der Waals surface area (Å²) in [5.41, 5.74) is 0.947. The normalized spacial score (nSPS) is 9.69. The zero-order chi connectivity index (χ0) is 9.84. The second kappa shape index (κ2) is 3.94. The maximum absolute atomic E-state index is 11.5. The molecule has 0 atom stereocenters. The summed E-state index contributed by atoms with van der Waals surface area (Å²) in [6, 6.07) is 3.35. The first-order valence-electron chi connectivity index (χ1n) is 4.04. The van der Waals surface area contributed by atoms with Gasteiger partial charge in [0, 0.05) is 13.6 Å². The Labute approximate surface area is 77.6 Å². The van der Waals surface area contributed by atoms with Gasteiger partial charge >= 0.3 is 0 Å². The van der Waals surface area contributed by atoms with Crippen molar-refractivity contribution >= 4 is 5.91 Å². The van der Waals surface area contributed by atoms with Crippen LogP contribution in [0.4, 0.5) is 0 Å². The van der Waals surface area contributed by atoms with E-state index in [0.29, 0.717) is 12.3 Å². The predicted molar refractivity (Wildman–Crippen MR) is 50.5 cm³/mol. The van der Waals surface area contributed by atoms with E-state index in [0.717, 1.165) is 5.57 Å². The van der Waals surface area contributed by atoms with Crippen LogP contribution in [0.3, 0.4) is 0 Å². The Morgan fingerprint density at radius 1 is 1.69 bits per heavy atom. The number of nitrogens with zero attached hydrogens (tertiary/aromatic N) is 1. The van der Waals surface area contributed by atoms with Crippen molar-refractivity contribution in [3.8, 4) is 0 Å². The first-order valence-corrected chi connectivity index (χ1v) is 4.04. The molecule has 0 aliphatic heterocycles. The zero-order valence-electron chi connectivity index (χ0n) is 7.91. The molecule has 0 fully saturated rings. The fraction of sp³-hybridized carbons (Fsp3) is 0.300. The van der Waals surface area contributed by atoms with Crippen molar-refractivity contribution in [2.45, 2.75) is 6.92 Å². The third-order valence-electron chi connectivity index (χ3n) is 1.59. The van der Waals surface area contributed by atoms with E-state index in [1.807, 2.05) is 6.92 Å². The molecule has 0 N–H and O–H groups in total. The predicted octanol–water partition coefficient (Wildman–Crippen LogP) is 1.93. The molecule has 0 unspecified atom stereocenters. The molecule has 3 heteroatoms. The van der Waals surface area contributed by atoms with Crippen LogP contribution in [-0.2, 0) is 0 Å². The molecule has 13 heavy (non-hydrogen) atoms. The van der Waals surface area contributed by atoms with Gasteiger partial charge in [-0.15, -0.1) is 0 Å². The minimum Gasteiger partial charge on any atom is -0.459 e. The van der Waals surface area contributed by atoms with Crippen LogP contribution in [0.25, 0.3) is 0 Å². The Morgan fingerprint density at radius 2 is 2.38 bits per heavy atom. The smallest absolute Gasteiger partial charge is 0.289 e. The lowest BCUT2D eigenvalue weighted by molar-refractivity contribution is 0.0775. The highest BCUT2D eigenvalue weighted by Crippen LogP contribution is 2.05. The Morgan fingerprint density at radius 3 is 2.85 bits per heavy atom. The Balaban J connectivity index is 2.63. The van der Waals surface area contributed by atoms with E-state index in [9.17, 15) is 4.79 Å². The summed E-state index contributed by atoms with van der Waals surface area (Å²) in [7, 11) is 1.72. The van der Waals surface area contributed by atoms with Crippen molar-refractivity contribution in [1.29, 1.82) is 0 Å². The Kier molecular flexibility index (Phi) is 2.90. The number of rotatable bonds is 3. The van der Waals surface area contributed by atoms with Gasteiger partial charge in [0.1, 0.15) is 0 Å². The van der Waals surface area contributed by atoms with E-state index >= 15 is 0 Å². The van der Waals surface area contributed by atoms with E-state index in [1.54, 1.807) is 24.1 Å². The van der Waals surface area contributed by atoms with E-state index < -0.39 is 0 Å². The maximum Gasteiger partial charge on any atom is 0.289 e. The number of hydrogen-bond donors (Lipinski definition) is 0. The molecule has 1 aromatic heterocycles. The molecule has 1 amide bonds. The average Bonchev–Trinajstić information content (AvgIpc) is 2.53. The van der Waals surface area contributed by atoms with Gasteiger partial charge in [0.05, 0.1) is 6.26 Å². The number of carbonyl (C=O) groups excluding carboxylic acids is 1. The van der Waals surface area contributed by atoms with Crippen molar-refractivity contribution in [1.82, 2.24) is 4.90 Å². The first kappa shape index (κ1) is 9.58. The Bertz CT molecular complexity index is 301. The van der Waals surface area contributed by atoms with Gasteiger partial charge in [0.25, 0.3) is 5.91 Å². The molecule has 0 aliphatic rings. The van der Waals surface area contributed by atoms with Gasteiger partial charge in [0.2, 0.25) is 0 Å². The average molecular weight is 179 g/mol. The molecular formula is C10H13NO2. The molecule has 0 radical (unpaired) electrons. The van der Waals surface area contributed by atoms with E-state index in [2.05, 4.69) is 6.58 Å². The number of likely N-dealkylation sites (N-methyl/N-ethyl adjacent to an activating group) is 1. The fourth-order valence-corrected chi connectivity index (χ4v) is 1.07. The van der Waals surface area contributed by atoms with Gasteiger partial charge in [-0.05, 0) is 19.1 Å². The van der Waals surface area contributed by atoms with Crippen molar-refractivity contribution in [3.05, 3.63) is 36.3 Å². The highest BCUT2D eigenvalue weighted by atomic mass is 16.3. The lowest BCUT2D eigenvalue weighted by atomic mass is 10.3. The quantitative estimate of drug-likeness (QED) is 0.664. The van der Waals surface area contributed by atoms with Crippen LogP contribution in [0.1, 0.15) is 17.5 Å². The third-order valence-corrected chi connectivity index (χ3v) is 1.59. The molecule has 0 spiro atoms. The van der Waals surface area contributed by atoms with E-state index in [4.69, 9.17) is 4.42 Å². The van der Waals surface area contributed by atoms with E-state index in [1.165, 1.54) is 6.26 Å². The minimum atomic E-state index is -0.118. The highest BCUT2D eigenvalue weighted by Gasteiger charge is 2.13. The molecule has 0 saturated carbocycles. The molecule has 0 aliphatic carbocycles. The van der Waals surface area contributed by atoms with Gasteiger partial charge in [0.15, 0.2) is 5.76 Å². The van der Waals surface area contributed by atoms with Gasteiger partial charge in [-0.25, -0.2) is 0 Å². The van der Waals surface area contributed by atoms with Gasteiger partial charge in [-0.3, -0.25) is 4.79 Å². The molecule has 0 bridgehead atoms. The zero-order valence-corrected chi connectivity index (χ0v) is 7.91. The summed E-state index contributed by atoms with van der Waals surface area (Å²) >= 11 is 0. The number of furan rings is 1. The SMILES string of the molecule is C=C(C)CN(C)C(=O)c1ccco1. The maximum atomic E-state index is 11.5. The lowest BCUT2D eigenvalue weighted by Crippen LogP contribution is -2.27. The van der Waals surface area contributed by atoms with Crippen LogP contribution >= 0.6 is 0 Å². The van der Waals surface area contributed by atoms with Crippen LogP contribution in [-0.4, -0.2) is 24.4 Å². The van der Waals surface area contributed by atoms with Gasteiger partial charge in [-0.1, -0.05) is 12.2 Å². The summed E-state index contributed by atoms with van der Waals surface area (Å²) in [5, 5.41) is 0. The highest BCUT2D eigenvalue weighted by molar-refractivity contribution is 5.91. The number of carbonyl (C=O) groups is 1. The lowest BCUT2D eigenvalue weighted by Gasteiger charge is -2.14. The van der Waals surface area contributed by atoms with Crippen molar-refractivity contribution in [2.75, 3.05) is 13.6 Å². The molecule has 0 aromatic carbocycles. The summed E-state index contributed by atoms with van der Waals surface area (Å²) in [4.78, 5) is 13.1. The monoisotopic (exact) mass is 179 g/mol. The second-order valence-electron chi connectivity index (χ2n) is 3.10. The molecule has 0 saturated heterocycles. The Hall–Kier alpha value is -1.51. The molecular weight excluding hydrogens is 166 g/mol. The van der Waals surface area contributed by atoms with Crippen LogP contribution < -0.4 is 0 Å². The topological polar surface area (TPSA) is 33.5 Å². The largest absolute Gasteiger partial charge is 0.459 e. The standard InChI is InChI=1S/C10H13NO2/c1-8(2)7-11(3)10(12)9-5-4-6-13-9/h4-6H,1,7H2,2-3H3. The van der Waals surface area contributed by atoms with Crippen molar-refractivity contribution in [2.24, 2.45) is 0 Å². The minimum absolute atomic E-state index is 0.118. The van der Waals surface area contributed by atoms with Crippen LogP contribution in [0.15, 0.2) is 35.0 Å². The fourth-order valence-electron chi connectivity index (χ4n) is 1.07. The van der Waals surface area contributed by atoms with Crippen LogP contribution in [0.2, 0.25) is 0 Å². The number of amides is 1. The molecule has 1 rings (SSSR count). The number of hydrogen-bond acceptors (Lipinski definition) is 2. The summed E-state index contributed by atoms with van der Waals surface area (Å²) in [6.07, 6.45) is 1.49. The molecule has 3 nitrogen and oxygen atoms in total. The van der Waals surface area contributed by atoms with Crippen molar-refractivity contribution in [3.63, 3.8) is 0 Å². The second-order valence-corrected chi connectivity index (χ2v) is 3.10. The summed E-state index contributed by atoms with van der Waals surface area (Å²) < 4.78 is 4.98. The summed E-state index contributed by atoms with van der Waals surface area (Å²) in [6.45, 7) is 6.17. The van der Waals surface area contributed by atoms with Crippen LogP contribution in [0.5, 0.6) is 0 Å². The molecule has 1 heterocycles. The molecule has 1 aromatic rings. The summed E-state index contributed by atoms with van der Waals surface area (Å²) in [5.74, 6) is 0.247. The molecule has 70 valence electrons. The van der Waals surface area contributed by atoms with Crippen LogP contribution in [0, 0.1) is 0 Å². The third kappa shape index (κ3) is 2.47. The first-order chi connectivity index (χ1) is 6.11. The van der Waals surface area contributed by atoms with Crippen molar-refractivity contribution < 1.29 is 9.21 Å². The van der Waals surface area contributed by atoms with Gasteiger partial charge in [-0.2, -0.15) is 0 Å². The van der Waals surface area contributed by atoms with Gasteiger partial charge < -0.3 is 9.32 Å². The van der Waals surface area contributed by atoms with E-state index in [-0.39, 0.29) is 5.91 Å².